The van der Waals surface area contributed by atoms with Crippen LogP contribution in [-0.4, -0.2) is 43.3 Å². The molecular formula is C20H31N3O3S. The molecule has 0 bridgehead atoms. The minimum Gasteiger partial charge on any atom is -0.490 e. The highest BCUT2D eigenvalue weighted by Gasteiger charge is 2.15. The zero-order valence-corrected chi connectivity index (χ0v) is 17.4. The number of nitrogens with zero attached hydrogens (tertiary/aromatic N) is 1. The van der Waals surface area contributed by atoms with Crippen molar-refractivity contribution in [2.75, 3.05) is 26.4 Å². The molecule has 1 fully saturated rings. The summed E-state index contributed by atoms with van der Waals surface area (Å²) in [4.78, 5) is 0. The average Bonchev–Trinajstić information content (AvgIpc) is 3.21. The van der Waals surface area contributed by atoms with Crippen LogP contribution >= 0.6 is 12.2 Å². The predicted molar refractivity (Wildman–Crippen MR) is 113 cm³/mol. The molecule has 0 amide bonds. The highest BCUT2D eigenvalue weighted by atomic mass is 32.1. The van der Waals surface area contributed by atoms with Gasteiger partial charge in [-0.15, -0.1) is 0 Å². The number of thiocarbonyl (C=S) groups is 1. The minimum absolute atomic E-state index is 0.240. The summed E-state index contributed by atoms with van der Waals surface area (Å²) < 4.78 is 17.2. The second kappa shape index (κ2) is 11.8. The second-order valence-electron chi connectivity index (χ2n) is 6.51. The molecular weight excluding hydrogens is 362 g/mol. The van der Waals surface area contributed by atoms with Gasteiger partial charge in [-0.3, -0.25) is 5.43 Å². The lowest BCUT2D eigenvalue weighted by Crippen LogP contribution is -2.37. The Morgan fingerprint density at radius 1 is 1.22 bits per heavy atom. The largest absolute Gasteiger partial charge is 0.490 e. The fraction of sp³-hybridized carbons (Fsp3) is 0.600. The molecule has 1 aliphatic heterocycles. The van der Waals surface area contributed by atoms with Crippen molar-refractivity contribution in [3.8, 4) is 11.5 Å². The molecule has 0 unspecified atom stereocenters. The van der Waals surface area contributed by atoms with Crippen LogP contribution in [0.3, 0.4) is 0 Å². The first kappa shape index (κ1) is 21.4. The normalized spacial score (nSPS) is 16.9. The molecule has 0 aliphatic carbocycles. The molecule has 27 heavy (non-hydrogen) atoms. The van der Waals surface area contributed by atoms with Crippen molar-refractivity contribution in [3.63, 3.8) is 0 Å². The van der Waals surface area contributed by atoms with Crippen molar-refractivity contribution in [2.45, 2.75) is 52.6 Å². The summed E-state index contributed by atoms with van der Waals surface area (Å²) in [5.41, 5.74) is 4.67. The average molecular weight is 394 g/mol. The fourth-order valence-electron chi connectivity index (χ4n) is 2.64. The van der Waals surface area contributed by atoms with Crippen molar-refractivity contribution < 1.29 is 14.2 Å². The zero-order valence-electron chi connectivity index (χ0n) is 16.5. The van der Waals surface area contributed by atoms with Crippen molar-refractivity contribution in [2.24, 2.45) is 5.10 Å². The lowest BCUT2D eigenvalue weighted by Gasteiger charge is -2.14. The van der Waals surface area contributed by atoms with E-state index in [1.54, 1.807) is 0 Å². The Kier molecular flexibility index (Phi) is 9.35. The molecule has 1 atom stereocenters. The van der Waals surface area contributed by atoms with Crippen LogP contribution in [0.2, 0.25) is 0 Å². The van der Waals surface area contributed by atoms with Crippen LogP contribution in [0.5, 0.6) is 11.5 Å². The van der Waals surface area contributed by atoms with Crippen LogP contribution in [0.25, 0.3) is 0 Å². The highest BCUT2D eigenvalue weighted by Crippen LogP contribution is 2.29. The van der Waals surface area contributed by atoms with Crippen molar-refractivity contribution in [1.29, 1.82) is 0 Å². The maximum absolute atomic E-state index is 5.84. The molecule has 0 aromatic heterocycles. The van der Waals surface area contributed by atoms with Crippen LogP contribution < -0.4 is 20.2 Å². The van der Waals surface area contributed by atoms with Crippen LogP contribution in [0.1, 0.15) is 52.0 Å². The minimum atomic E-state index is 0.240. The van der Waals surface area contributed by atoms with E-state index in [0.29, 0.717) is 24.9 Å². The number of ether oxygens (including phenoxy) is 3. The third kappa shape index (κ3) is 7.34. The Bertz CT molecular complexity index is 631. The van der Waals surface area contributed by atoms with Gasteiger partial charge in [0.25, 0.3) is 0 Å². The summed E-state index contributed by atoms with van der Waals surface area (Å²) in [5.74, 6) is 1.51. The lowest BCUT2D eigenvalue weighted by atomic mass is 10.1. The van der Waals surface area contributed by atoms with Gasteiger partial charge in [0.2, 0.25) is 0 Å². The monoisotopic (exact) mass is 393 g/mol. The van der Waals surface area contributed by atoms with Gasteiger partial charge in [0.1, 0.15) is 0 Å². The predicted octanol–water partition coefficient (Wildman–Crippen LogP) is 3.63. The summed E-state index contributed by atoms with van der Waals surface area (Å²) in [6, 6.07) is 5.88. The molecule has 0 saturated carbocycles. The fourth-order valence-corrected chi connectivity index (χ4v) is 2.77. The molecule has 6 nitrogen and oxygen atoms in total. The molecule has 1 aliphatic rings. The molecule has 1 saturated heterocycles. The van der Waals surface area contributed by atoms with E-state index in [-0.39, 0.29) is 6.10 Å². The van der Waals surface area contributed by atoms with Gasteiger partial charge in [0.05, 0.1) is 25.0 Å². The summed E-state index contributed by atoms with van der Waals surface area (Å²) in [6.07, 6.45) is 4.32. The van der Waals surface area contributed by atoms with Gasteiger partial charge in [-0.25, -0.2) is 0 Å². The van der Waals surface area contributed by atoms with Gasteiger partial charge in [-0.05, 0) is 63.0 Å². The molecule has 0 radical (unpaired) electrons. The lowest BCUT2D eigenvalue weighted by molar-refractivity contribution is 0.114. The zero-order chi connectivity index (χ0) is 19.5. The van der Waals surface area contributed by atoms with E-state index in [0.717, 1.165) is 55.1 Å². The van der Waals surface area contributed by atoms with Gasteiger partial charge >= 0.3 is 0 Å². The summed E-state index contributed by atoms with van der Waals surface area (Å²) >= 11 is 5.28. The van der Waals surface area contributed by atoms with E-state index in [2.05, 4.69) is 29.7 Å². The summed E-state index contributed by atoms with van der Waals surface area (Å²) in [7, 11) is 0. The maximum Gasteiger partial charge on any atom is 0.187 e. The number of hydrogen-bond donors (Lipinski definition) is 2. The molecule has 150 valence electrons. The maximum atomic E-state index is 5.84. The van der Waals surface area contributed by atoms with Crippen molar-refractivity contribution in [1.82, 2.24) is 10.7 Å². The molecule has 0 spiro atoms. The Labute approximate surface area is 167 Å². The number of nitrogens with one attached hydrogen (secondary N) is 2. The Morgan fingerprint density at radius 2 is 1.96 bits per heavy atom. The molecule has 1 aromatic carbocycles. The van der Waals surface area contributed by atoms with Crippen LogP contribution in [-0.2, 0) is 4.74 Å². The Hall–Kier alpha value is -1.86. The molecule has 7 heteroatoms. The van der Waals surface area contributed by atoms with E-state index >= 15 is 0 Å². The first-order valence-electron chi connectivity index (χ1n) is 9.73. The SMILES string of the molecule is CCCOc1ccc(/C(C)=N\NC(=S)NC[C@H]2CCCO2)cc1OCCC. The van der Waals surface area contributed by atoms with Gasteiger partial charge in [-0.2, -0.15) is 5.10 Å². The van der Waals surface area contributed by atoms with E-state index in [1.165, 1.54) is 0 Å². The smallest absolute Gasteiger partial charge is 0.187 e. The van der Waals surface area contributed by atoms with Crippen LogP contribution in [0.15, 0.2) is 23.3 Å². The van der Waals surface area contributed by atoms with Gasteiger partial charge in [0, 0.05) is 18.7 Å². The number of hydrogen-bond acceptors (Lipinski definition) is 5. The molecule has 2 rings (SSSR count). The number of benzene rings is 1. The summed E-state index contributed by atoms with van der Waals surface area (Å²) in [5, 5.41) is 8.02. The van der Waals surface area contributed by atoms with Crippen molar-refractivity contribution >= 4 is 23.0 Å². The highest BCUT2D eigenvalue weighted by molar-refractivity contribution is 7.80. The van der Waals surface area contributed by atoms with Gasteiger partial charge < -0.3 is 19.5 Å². The van der Waals surface area contributed by atoms with Crippen LogP contribution in [0, 0.1) is 0 Å². The van der Waals surface area contributed by atoms with E-state index in [4.69, 9.17) is 26.4 Å². The van der Waals surface area contributed by atoms with Crippen LogP contribution in [0.4, 0.5) is 0 Å². The van der Waals surface area contributed by atoms with E-state index < -0.39 is 0 Å². The Morgan fingerprint density at radius 3 is 2.63 bits per heavy atom. The van der Waals surface area contributed by atoms with Gasteiger partial charge in [-0.1, -0.05) is 13.8 Å². The third-order valence-electron chi connectivity index (χ3n) is 4.12. The molecule has 1 heterocycles. The van der Waals surface area contributed by atoms with E-state index in [1.807, 2.05) is 25.1 Å². The standard InChI is InChI=1S/C20H31N3O3S/c1-4-10-25-18-9-8-16(13-19(18)26-11-5-2)15(3)22-23-20(27)21-14-17-7-6-12-24-17/h8-9,13,17H,4-7,10-12,14H2,1-3H3,(H2,21,23,27)/b22-15-/t17-/m1/s1. The number of rotatable bonds is 10. The van der Waals surface area contributed by atoms with E-state index in [9.17, 15) is 0 Å². The topological polar surface area (TPSA) is 64.1 Å². The van der Waals surface area contributed by atoms with Gasteiger partial charge in [0.15, 0.2) is 16.6 Å². The second-order valence-corrected chi connectivity index (χ2v) is 6.92. The van der Waals surface area contributed by atoms with Crippen molar-refractivity contribution in [3.05, 3.63) is 23.8 Å². The first-order chi connectivity index (χ1) is 13.1. The Balaban J connectivity index is 1.95. The quantitative estimate of drug-likeness (QED) is 0.360. The number of hydrazone groups is 1. The molecule has 1 aromatic rings. The first-order valence-corrected chi connectivity index (χ1v) is 10.1. The summed E-state index contributed by atoms with van der Waals surface area (Å²) in [6.45, 7) is 8.96. The third-order valence-corrected chi connectivity index (χ3v) is 4.36. The molecule has 2 N–H and O–H groups in total.